The quantitative estimate of drug-likeness (QED) is 0.175. The van der Waals surface area contributed by atoms with E-state index in [-0.39, 0.29) is 19.1 Å². The molecule has 0 aromatic heterocycles. The summed E-state index contributed by atoms with van der Waals surface area (Å²) in [4.78, 5) is 35.4. The predicted molar refractivity (Wildman–Crippen MR) is 114 cm³/mol. The van der Waals surface area contributed by atoms with Crippen molar-refractivity contribution in [3.8, 4) is 0 Å². The number of carbonyl (C=O) groups excluding carboxylic acids is 3. The molecule has 0 bridgehead atoms. The first-order valence-corrected chi connectivity index (χ1v) is 9.96. The molecule has 168 valence electrons. The number of nitrogen functional groups attached to an aromatic ring is 1. The molecule has 30 heavy (non-hydrogen) atoms. The summed E-state index contributed by atoms with van der Waals surface area (Å²) >= 11 is 0. The summed E-state index contributed by atoms with van der Waals surface area (Å²) < 4.78 is 10.5. The Balaban J connectivity index is 2.17. The minimum atomic E-state index is -0.777. The lowest BCUT2D eigenvalue weighted by atomic mass is 10.1. The lowest BCUT2D eigenvalue weighted by Crippen LogP contribution is -2.45. The molecule has 1 aromatic carbocycles. The van der Waals surface area contributed by atoms with E-state index in [1.165, 1.54) is 0 Å². The number of benzene rings is 1. The van der Waals surface area contributed by atoms with Crippen molar-refractivity contribution in [3.63, 3.8) is 0 Å². The maximum atomic E-state index is 12.0. The third-order valence-corrected chi connectivity index (χ3v) is 4.16. The first kappa shape index (κ1) is 25.3. The Morgan fingerprint density at radius 3 is 2.37 bits per heavy atom. The number of rotatable bonds is 16. The third kappa shape index (κ3) is 11.3. The summed E-state index contributed by atoms with van der Waals surface area (Å²) in [5.41, 5.74) is 12.1. The summed E-state index contributed by atoms with van der Waals surface area (Å²) in [5, 5.41) is 8.32. The van der Waals surface area contributed by atoms with Crippen molar-refractivity contribution >= 4 is 23.4 Å². The van der Waals surface area contributed by atoms with Gasteiger partial charge in [-0.3, -0.25) is 14.4 Å². The molecule has 0 radical (unpaired) electrons. The number of hydrogen-bond acceptors (Lipinski definition) is 7. The Kier molecular flexibility index (Phi) is 12.8. The Bertz CT molecular complexity index is 653. The third-order valence-electron chi connectivity index (χ3n) is 4.16. The van der Waals surface area contributed by atoms with E-state index in [0.717, 1.165) is 6.54 Å². The molecule has 0 fully saturated rings. The zero-order valence-corrected chi connectivity index (χ0v) is 17.4. The van der Waals surface area contributed by atoms with Crippen LogP contribution in [0.3, 0.4) is 0 Å². The van der Waals surface area contributed by atoms with Crippen LogP contribution in [0.1, 0.15) is 29.6 Å². The Labute approximate surface area is 177 Å². The molecule has 3 amide bonds. The van der Waals surface area contributed by atoms with Gasteiger partial charge in [-0.2, -0.15) is 0 Å². The average molecular weight is 424 g/mol. The van der Waals surface area contributed by atoms with E-state index in [1.807, 2.05) is 7.05 Å². The van der Waals surface area contributed by atoms with Crippen LogP contribution in [-0.4, -0.2) is 70.3 Å². The zero-order chi connectivity index (χ0) is 22.2. The van der Waals surface area contributed by atoms with Crippen LogP contribution in [0.5, 0.6) is 0 Å². The Morgan fingerprint density at radius 1 is 1.00 bits per heavy atom. The van der Waals surface area contributed by atoms with Crippen molar-refractivity contribution in [2.45, 2.75) is 25.3 Å². The van der Waals surface area contributed by atoms with Gasteiger partial charge in [-0.1, -0.05) is 0 Å². The van der Waals surface area contributed by atoms with Gasteiger partial charge in [0.25, 0.3) is 5.91 Å². The number of amides is 3. The molecule has 10 heteroatoms. The Hall–Kier alpha value is -2.69. The number of nitrogens with one attached hydrogen (secondary N) is 3. The lowest BCUT2D eigenvalue weighted by molar-refractivity contribution is -0.130. The van der Waals surface area contributed by atoms with Crippen molar-refractivity contribution in [1.82, 2.24) is 16.0 Å². The normalized spacial score (nSPS) is 11.6. The molecule has 0 heterocycles. The highest BCUT2D eigenvalue weighted by molar-refractivity contribution is 5.94. The molecule has 0 aliphatic rings. The number of likely N-dealkylation sites (N-methyl/N-ethyl adjacent to an activating group) is 1. The molecule has 1 rings (SSSR count). The largest absolute Gasteiger partial charge is 0.399 e. The molecule has 0 aliphatic carbocycles. The molecule has 1 aromatic rings. The van der Waals surface area contributed by atoms with E-state index in [2.05, 4.69) is 16.0 Å². The van der Waals surface area contributed by atoms with Crippen molar-refractivity contribution in [1.29, 1.82) is 0 Å². The minimum absolute atomic E-state index is 0.170. The van der Waals surface area contributed by atoms with Crippen LogP contribution in [0, 0.1) is 0 Å². The summed E-state index contributed by atoms with van der Waals surface area (Å²) in [6, 6.07) is 5.85. The summed E-state index contributed by atoms with van der Waals surface area (Å²) in [7, 11) is 1.83. The van der Waals surface area contributed by atoms with Crippen molar-refractivity contribution in [3.05, 3.63) is 29.8 Å². The number of anilines is 1. The lowest BCUT2D eigenvalue weighted by Gasteiger charge is -2.15. The predicted octanol–water partition coefficient (Wildman–Crippen LogP) is -0.608. The number of ether oxygens (including phenoxy) is 2. The number of carbonyl (C=O) groups is 3. The van der Waals surface area contributed by atoms with E-state index in [9.17, 15) is 14.4 Å². The highest BCUT2D eigenvalue weighted by atomic mass is 16.5. The SMILES string of the molecule is CNCCOCCOCC(=O)N[C@@H](CCCCNC(=O)c1ccc(N)cc1)C(N)=O. The summed E-state index contributed by atoms with van der Waals surface area (Å²) in [6.07, 6.45) is 1.63. The van der Waals surface area contributed by atoms with Gasteiger partial charge in [0.05, 0.1) is 19.8 Å². The standard InChI is InChI=1S/C20H33N5O5/c1-23-10-11-29-12-13-30-14-18(26)25-17(19(22)27)4-2-3-9-24-20(28)15-5-7-16(21)8-6-15/h5-8,17,23H,2-4,9-14,21H2,1H3,(H2,22,27)(H,24,28)(H,25,26)/t17-/m0/s1. The zero-order valence-electron chi connectivity index (χ0n) is 17.4. The molecular weight excluding hydrogens is 390 g/mol. The maximum Gasteiger partial charge on any atom is 0.251 e. The van der Waals surface area contributed by atoms with Crippen LogP contribution in [-0.2, 0) is 19.1 Å². The van der Waals surface area contributed by atoms with Crippen molar-refractivity contribution < 1.29 is 23.9 Å². The number of primary amides is 1. The van der Waals surface area contributed by atoms with Crippen molar-refractivity contribution in [2.24, 2.45) is 5.73 Å². The van der Waals surface area contributed by atoms with Gasteiger partial charge < -0.3 is 36.9 Å². The topological polar surface area (TPSA) is 158 Å². The molecule has 0 saturated heterocycles. The Morgan fingerprint density at radius 2 is 1.70 bits per heavy atom. The number of unbranched alkanes of at least 4 members (excludes halogenated alkanes) is 1. The van der Waals surface area contributed by atoms with Crippen LogP contribution in [0.25, 0.3) is 0 Å². The fourth-order valence-corrected chi connectivity index (χ4v) is 2.49. The molecule has 7 N–H and O–H groups in total. The fraction of sp³-hybridized carbons (Fsp3) is 0.550. The van der Waals surface area contributed by atoms with Crippen LogP contribution in [0.15, 0.2) is 24.3 Å². The molecule has 0 aliphatic heterocycles. The van der Waals surface area contributed by atoms with Gasteiger partial charge in [-0.05, 0) is 50.6 Å². The first-order valence-electron chi connectivity index (χ1n) is 9.96. The molecule has 0 unspecified atom stereocenters. The van der Waals surface area contributed by atoms with E-state index < -0.39 is 17.9 Å². The van der Waals surface area contributed by atoms with E-state index >= 15 is 0 Å². The van der Waals surface area contributed by atoms with E-state index in [0.29, 0.717) is 50.3 Å². The van der Waals surface area contributed by atoms with Gasteiger partial charge in [-0.15, -0.1) is 0 Å². The summed E-state index contributed by atoms with van der Waals surface area (Å²) in [5.74, 6) is -1.21. The second-order valence-corrected chi connectivity index (χ2v) is 6.66. The molecule has 0 spiro atoms. The monoisotopic (exact) mass is 423 g/mol. The fourth-order valence-electron chi connectivity index (χ4n) is 2.49. The first-order chi connectivity index (χ1) is 14.4. The van der Waals surface area contributed by atoms with Crippen LogP contribution in [0.4, 0.5) is 5.69 Å². The molecule has 10 nitrogen and oxygen atoms in total. The second-order valence-electron chi connectivity index (χ2n) is 6.66. The number of nitrogens with two attached hydrogens (primary N) is 2. The molecule has 0 saturated carbocycles. The smallest absolute Gasteiger partial charge is 0.251 e. The average Bonchev–Trinajstić information content (AvgIpc) is 2.72. The van der Waals surface area contributed by atoms with Crippen molar-refractivity contribution in [2.75, 3.05) is 52.3 Å². The van der Waals surface area contributed by atoms with Gasteiger partial charge in [-0.25, -0.2) is 0 Å². The minimum Gasteiger partial charge on any atom is -0.399 e. The van der Waals surface area contributed by atoms with E-state index in [4.69, 9.17) is 20.9 Å². The van der Waals surface area contributed by atoms with Crippen LogP contribution >= 0.6 is 0 Å². The van der Waals surface area contributed by atoms with Gasteiger partial charge in [0.2, 0.25) is 11.8 Å². The summed E-state index contributed by atoms with van der Waals surface area (Å²) in [6.45, 7) is 2.25. The maximum absolute atomic E-state index is 12.0. The highest BCUT2D eigenvalue weighted by Crippen LogP contribution is 2.05. The van der Waals surface area contributed by atoms with Crippen LogP contribution in [0.2, 0.25) is 0 Å². The second kappa shape index (κ2) is 15.2. The number of hydrogen-bond donors (Lipinski definition) is 5. The molecule has 1 atom stereocenters. The van der Waals surface area contributed by atoms with Gasteiger partial charge in [0.15, 0.2) is 0 Å². The van der Waals surface area contributed by atoms with Gasteiger partial charge in [0.1, 0.15) is 12.6 Å². The molecular formula is C20H33N5O5. The van der Waals surface area contributed by atoms with Gasteiger partial charge >= 0.3 is 0 Å². The highest BCUT2D eigenvalue weighted by Gasteiger charge is 2.17. The van der Waals surface area contributed by atoms with E-state index in [1.54, 1.807) is 24.3 Å². The van der Waals surface area contributed by atoms with Gasteiger partial charge in [0, 0.05) is 24.3 Å². The van der Waals surface area contributed by atoms with Crippen LogP contribution < -0.4 is 27.4 Å².